The molecule has 0 radical (unpaired) electrons. The van der Waals surface area contributed by atoms with E-state index in [0.29, 0.717) is 0 Å². The van der Waals surface area contributed by atoms with Gasteiger partial charge in [0, 0.05) is 48.6 Å². The minimum Gasteiger partial charge on any atom is -0.311 e. The fraction of sp³-hybridized carbons (Fsp3) is 0.200. The number of aryl methyl sites for hydroxylation is 1. The van der Waals surface area contributed by atoms with Crippen LogP contribution in [0.1, 0.15) is 65.1 Å². The summed E-state index contributed by atoms with van der Waals surface area (Å²) in [7, 11) is 0. The molecule has 2 nitrogen and oxygen atoms in total. The van der Waals surface area contributed by atoms with Crippen molar-refractivity contribution >= 4 is 88.7 Å². The Balaban J connectivity index is 1.45. The number of hydrogen-bond donors (Lipinski definition) is 0. The van der Waals surface area contributed by atoms with Crippen LogP contribution in [0.15, 0.2) is 121 Å². The molecule has 0 bridgehead atoms. The summed E-state index contributed by atoms with van der Waals surface area (Å²) >= 11 is 1.80. The second-order valence-electron chi connectivity index (χ2n) is 15.6. The Kier molecular flexibility index (Phi) is 5.46. The lowest BCUT2D eigenvalue weighted by Crippen LogP contribution is -2.61. The van der Waals surface area contributed by atoms with Gasteiger partial charge < -0.3 is 9.80 Å². The third-order valence-corrected chi connectivity index (χ3v) is 11.4. The summed E-state index contributed by atoms with van der Waals surface area (Å²) in [5, 5.41) is 2.42. The van der Waals surface area contributed by atoms with Gasteiger partial charge in [0.15, 0.2) is 0 Å². The van der Waals surface area contributed by atoms with Gasteiger partial charge in [-0.1, -0.05) is 108 Å². The van der Waals surface area contributed by atoms with Crippen LogP contribution in [0.25, 0.3) is 20.2 Å². The Morgan fingerprint density at radius 3 is 1.84 bits per heavy atom. The highest BCUT2D eigenvalue weighted by Crippen LogP contribution is 2.49. The normalized spacial score (nSPS) is 15.3. The molecule has 7 aromatic rings. The topological polar surface area (TPSA) is 6.48 Å². The molecule has 0 atom stereocenters. The zero-order chi connectivity index (χ0) is 38.2. The first-order chi connectivity index (χ1) is 25.6. The number of thiophene rings is 1. The molecule has 0 fully saturated rings. The van der Waals surface area contributed by atoms with Crippen LogP contribution in [0, 0.1) is 6.92 Å². The van der Waals surface area contributed by atoms with Crippen LogP contribution >= 0.6 is 11.3 Å². The first kappa shape index (κ1) is 25.2. The summed E-state index contributed by atoms with van der Waals surface area (Å²) in [6, 6.07) is 31.6. The third-order valence-electron chi connectivity index (χ3n) is 10.3. The maximum atomic E-state index is 9.25. The van der Waals surface area contributed by atoms with Gasteiger partial charge in [-0.25, -0.2) is 0 Å². The van der Waals surface area contributed by atoms with Gasteiger partial charge in [0.1, 0.15) is 0 Å². The molecule has 0 N–H and O–H groups in total. The second kappa shape index (κ2) is 10.6. The third kappa shape index (κ3) is 4.61. The monoisotopic (exact) mass is 657 g/mol. The molecule has 0 saturated heterocycles. The van der Waals surface area contributed by atoms with E-state index in [1.54, 1.807) is 11.3 Å². The molecule has 0 amide bonds. The van der Waals surface area contributed by atoms with E-state index >= 15 is 0 Å². The van der Waals surface area contributed by atoms with Crippen molar-refractivity contribution in [1.82, 2.24) is 0 Å². The Bertz CT molecular complexity index is 2710. The van der Waals surface area contributed by atoms with Crippen LogP contribution in [-0.4, -0.2) is 6.71 Å². The van der Waals surface area contributed by atoms with Crippen LogP contribution < -0.4 is 26.2 Å². The van der Waals surface area contributed by atoms with Crippen molar-refractivity contribution in [2.45, 2.75) is 59.3 Å². The number of hydrogen-bond acceptors (Lipinski definition) is 3. The smallest absolute Gasteiger partial charge is 0.252 e. The molecular weight excluding hydrogens is 611 g/mol. The average molecular weight is 658 g/mol. The molecule has 0 aliphatic carbocycles. The van der Waals surface area contributed by atoms with Crippen molar-refractivity contribution in [3.05, 3.63) is 138 Å². The molecule has 0 unspecified atom stereocenters. The van der Waals surface area contributed by atoms with Crippen LogP contribution in [0.3, 0.4) is 0 Å². The van der Waals surface area contributed by atoms with Gasteiger partial charge in [0.2, 0.25) is 0 Å². The molecule has 2 aliphatic rings. The van der Waals surface area contributed by atoms with Gasteiger partial charge in [0.05, 0.1) is 12.5 Å². The quantitative estimate of drug-likeness (QED) is 0.171. The maximum Gasteiger partial charge on any atom is 0.252 e. The van der Waals surface area contributed by atoms with Crippen LogP contribution in [-0.2, 0) is 10.8 Å². The standard InChI is InChI=1S/C45H41BN2S/c1-28-24-38-43-39(25-28)48(35-17-13-19-41-42(35)32-16-11-12-18-40(32)49-41)37-27-30(45(5,6)7)21-23-34(37)46(43)33-22-20-29(44(2,3)4)26-36(33)47(38)31-14-9-8-10-15-31/h8-27H,1-7H3/i8D,9D,10D,14D,15D. The molecule has 240 valence electrons. The predicted molar refractivity (Wildman–Crippen MR) is 215 cm³/mol. The molecule has 49 heavy (non-hydrogen) atoms. The maximum absolute atomic E-state index is 9.25. The van der Waals surface area contributed by atoms with Crippen molar-refractivity contribution in [2.24, 2.45) is 0 Å². The Morgan fingerprint density at radius 2 is 1.18 bits per heavy atom. The number of benzene rings is 6. The van der Waals surface area contributed by atoms with Crippen molar-refractivity contribution in [3.63, 3.8) is 0 Å². The van der Waals surface area contributed by atoms with Crippen LogP contribution in [0.5, 0.6) is 0 Å². The summed E-state index contributed by atoms with van der Waals surface area (Å²) in [5.74, 6) is 0. The highest BCUT2D eigenvalue weighted by atomic mass is 32.1. The lowest BCUT2D eigenvalue weighted by atomic mass is 9.33. The van der Waals surface area contributed by atoms with E-state index in [0.717, 1.165) is 50.5 Å². The highest BCUT2D eigenvalue weighted by molar-refractivity contribution is 7.26. The van der Waals surface area contributed by atoms with Crippen LogP contribution in [0.4, 0.5) is 34.1 Å². The number of fused-ring (bicyclic) bond motifs is 7. The van der Waals surface area contributed by atoms with Gasteiger partial charge in [0.25, 0.3) is 6.71 Å². The SMILES string of the molecule is [2H]c1c([2H])c([2H])c(N2c3cc(C(C)(C)C)ccc3B3c4ccc(C(C)(C)C)cc4N(c4cccc5sc6ccccc6c45)c4cc(C)cc2c43)c([2H])c1[2H]. The number of nitrogens with zero attached hydrogens (tertiary/aromatic N) is 2. The summed E-state index contributed by atoms with van der Waals surface area (Å²) in [4.78, 5) is 4.39. The minimum absolute atomic E-state index is 0.0935. The van der Waals surface area contributed by atoms with Gasteiger partial charge in [-0.15, -0.1) is 11.3 Å². The fourth-order valence-corrected chi connectivity index (χ4v) is 8.98. The summed E-state index contributed by atoms with van der Waals surface area (Å²) in [5.41, 5.74) is 11.4. The van der Waals surface area contributed by atoms with E-state index in [-0.39, 0.29) is 47.4 Å². The number of rotatable bonds is 2. The van der Waals surface area contributed by atoms with E-state index in [9.17, 15) is 2.74 Å². The molecular formula is C45H41BN2S. The molecule has 4 heteroatoms. The van der Waals surface area contributed by atoms with Crippen LogP contribution in [0.2, 0.25) is 0 Å². The van der Waals surface area contributed by atoms with E-state index in [1.807, 2.05) is 4.90 Å². The summed E-state index contributed by atoms with van der Waals surface area (Å²) < 4.78 is 46.9. The molecule has 9 rings (SSSR count). The van der Waals surface area contributed by atoms with Crippen molar-refractivity contribution in [2.75, 3.05) is 9.80 Å². The first-order valence-electron chi connectivity index (χ1n) is 19.6. The Morgan fingerprint density at radius 1 is 0.592 bits per heavy atom. The largest absolute Gasteiger partial charge is 0.311 e. The van der Waals surface area contributed by atoms with E-state index < -0.39 is 6.04 Å². The zero-order valence-corrected chi connectivity index (χ0v) is 29.9. The summed E-state index contributed by atoms with van der Waals surface area (Å²) in [6.07, 6.45) is 0. The predicted octanol–water partition coefficient (Wildman–Crippen LogP) is 11.0. The van der Waals surface area contributed by atoms with Gasteiger partial charge in [-0.2, -0.15) is 0 Å². The zero-order valence-electron chi connectivity index (χ0n) is 34.0. The van der Waals surface area contributed by atoms with Crippen molar-refractivity contribution < 1.29 is 6.85 Å². The average Bonchev–Trinajstić information content (AvgIpc) is 3.52. The Labute approximate surface area is 301 Å². The highest BCUT2D eigenvalue weighted by Gasteiger charge is 2.44. The number of para-hydroxylation sites is 1. The lowest BCUT2D eigenvalue weighted by molar-refractivity contribution is 0.590. The van der Waals surface area contributed by atoms with E-state index in [1.165, 1.54) is 31.2 Å². The molecule has 6 aromatic carbocycles. The van der Waals surface area contributed by atoms with Gasteiger partial charge >= 0.3 is 0 Å². The summed E-state index contributed by atoms with van der Waals surface area (Å²) in [6.45, 7) is 15.2. The fourth-order valence-electron chi connectivity index (χ4n) is 7.86. The van der Waals surface area contributed by atoms with Gasteiger partial charge in [-0.05, 0) is 105 Å². The Hall–Kier alpha value is -4.80. The molecule has 0 spiro atoms. The molecule has 2 aliphatic heterocycles. The second-order valence-corrected chi connectivity index (χ2v) is 16.7. The lowest BCUT2D eigenvalue weighted by Gasteiger charge is -2.45. The van der Waals surface area contributed by atoms with E-state index in [2.05, 4.69) is 144 Å². The molecule has 3 heterocycles. The first-order valence-corrected chi connectivity index (χ1v) is 17.9. The van der Waals surface area contributed by atoms with Crippen molar-refractivity contribution in [1.29, 1.82) is 0 Å². The minimum atomic E-state index is -0.399. The number of anilines is 6. The molecule has 0 saturated carbocycles. The van der Waals surface area contributed by atoms with Gasteiger partial charge in [-0.3, -0.25) is 0 Å². The molecule has 1 aromatic heterocycles. The van der Waals surface area contributed by atoms with Crippen molar-refractivity contribution in [3.8, 4) is 0 Å². The van der Waals surface area contributed by atoms with E-state index in [4.69, 9.17) is 4.11 Å².